The molecule has 2 aliphatic heterocycles. The van der Waals surface area contributed by atoms with Crippen LogP contribution in [-0.4, -0.2) is 6.71 Å². The Morgan fingerprint density at radius 3 is 1.57 bits per heavy atom. The number of hydrogen-bond acceptors (Lipinski definition) is 3. The number of nitrogens with zero attached hydrogens (tertiary/aromatic N) is 2. The molecule has 0 bridgehead atoms. The van der Waals surface area contributed by atoms with E-state index in [4.69, 9.17) is 0 Å². The van der Waals surface area contributed by atoms with Crippen LogP contribution in [-0.2, 0) is 32.5 Å². The smallest absolute Gasteiger partial charge is 0.254 e. The fourth-order valence-corrected chi connectivity index (χ4v) is 19.0. The quantitative estimate of drug-likeness (QED) is 0.162. The van der Waals surface area contributed by atoms with Crippen LogP contribution in [0.5, 0.6) is 0 Å². The highest BCUT2D eigenvalue weighted by Crippen LogP contribution is 2.57. The van der Waals surface area contributed by atoms with Crippen LogP contribution in [0.1, 0.15) is 195 Å². The minimum absolute atomic E-state index is 0.0580. The van der Waals surface area contributed by atoms with Gasteiger partial charge in [0.2, 0.25) is 0 Å². The molecule has 4 heteroatoms. The van der Waals surface area contributed by atoms with Gasteiger partial charge in [-0.3, -0.25) is 0 Å². The maximum atomic E-state index is 2.79. The van der Waals surface area contributed by atoms with Crippen LogP contribution in [0.4, 0.5) is 34.1 Å². The van der Waals surface area contributed by atoms with Crippen molar-refractivity contribution in [3.8, 4) is 11.1 Å². The topological polar surface area (TPSA) is 6.48 Å². The SMILES string of the molecule is CC1(C)CCC(C)(C)c2cc3c(cc21)sc1c2c(ccc13)N(c1ccccc1-c1ccccc1)c1cc(C3CCCCC3)cc3c1B2c1cc2c(cc1N3c1ccc3c(c1)C(C)(C)c1ccccc1C3(C)C)C(C)(C)c1ccccc1C2(C)C. The molecule has 0 N–H and O–H groups in total. The van der Waals surface area contributed by atoms with Gasteiger partial charge >= 0.3 is 0 Å². The van der Waals surface area contributed by atoms with E-state index >= 15 is 0 Å². The fraction of sp³-hybridized carbons (Fsp3) is 0.325. The Morgan fingerprint density at radius 2 is 0.929 bits per heavy atom. The van der Waals surface area contributed by atoms with E-state index in [2.05, 4.69) is 274 Å². The van der Waals surface area contributed by atoms with Crippen molar-refractivity contribution in [1.29, 1.82) is 0 Å². The van der Waals surface area contributed by atoms with E-state index < -0.39 is 0 Å². The van der Waals surface area contributed by atoms with Crippen LogP contribution in [0.2, 0.25) is 0 Å². The normalized spacial score (nSPS) is 19.5. The first-order chi connectivity index (χ1) is 40.2. The monoisotopic (exact) mass is 1110 g/mol. The van der Waals surface area contributed by atoms with Gasteiger partial charge in [0, 0.05) is 70.4 Å². The second kappa shape index (κ2) is 17.7. The summed E-state index contributed by atoms with van der Waals surface area (Å²) in [6.45, 7) is 29.7. The lowest BCUT2D eigenvalue weighted by Gasteiger charge is -2.49. The lowest BCUT2D eigenvalue weighted by molar-refractivity contribution is 0.332. The van der Waals surface area contributed by atoms with Crippen molar-refractivity contribution < 1.29 is 0 Å². The Balaban J connectivity index is 1.06. The van der Waals surface area contributed by atoms with Crippen LogP contribution in [0.3, 0.4) is 0 Å². The third-order valence-electron chi connectivity index (χ3n) is 22.6. The molecular weight excluding hydrogens is 1030 g/mol. The van der Waals surface area contributed by atoms with Crippen LogP contribution in [0, 0.1) is 0 Å². The van der Waals surface area contributed by atoms with E-state index in [1.54, 1.807) is 0 Å². The number of para-hydroxylation sites is 1. The maximum absolute atomic E-state index is 2.79. The van der Waals surface area contributed by atoms with Gasteiger partial charge in [0.05, 0.1) is 5.69 Å². The molecule has 1 saturated carbocycles. The molecule has 1 aromatic heterocycles. The molecule has 3 heterocycles. The van der Waals surface area contributed by atoms with Crippen molar-refractivity contribution in [3.05, 3.63) is 231 Å². The van der Waals surface area contributed by atoms with Crippen LogP contribution >= 0.6 is 11.3 Å². The number of hydrogen-bond donors (Lipinski definition) is 0. The molecule has 0 radical (unpaired) electrons. The molecule has 9 aromatic carbocycles. The number of thiophene rings is 1. The van der Waals surface area contributed by atoms with Gasteiger partial charge in [-0.1, -0.05) is 218 Å². The van der Waals surface area contributed by atoms with Gasteiger partial charge in [-0.05, 0) is 186 Å². The summed E-state index contributed by atoms with van der Waals surface area (Å²) in [7, 11) is 0. The summed E-state index contributed by atoms with van der Waals surface area (Å²) in [4.78, 5) is 5.54. The van der Waals surface area contributed by atoms with Gasteiger partial charge in [0.1, 0.15) is 0 Å². The molecule has 0 amide bonds. The summed E-state index contributed by atoms with van der Waals surface area (Å²) in [5, 5.41) is 2.79. The highest BCUT2D eigenvalue weighted by molar-refractivity contribution is 7.28. The number of benzene rings is 9. The van der Waals surface area contributed by atoms with Gasteiger partial charge in [-0.25, -0.2) is 0 Å². The molecule has 10 aromatic rings. The average Bonchev–Trinajstić information content (AvgIpc) is 1.04. The largest absolute Gasteiger partial charge is 0.311 e. The Hall–Kier alpha value is -7.14. The van der Waals surface area contributed by atoms with Gasteiger partial charge in [0.25, 0.3) is 6.71 Å². The van der Waals surface area contributed by atoms with Gasteiger partial charge in [-0.2, -0.15) is 0 Å². The highest BCUT2D eigenvalue weighted by atomic mass is 32.1. The van der Waals surface area contributed by atoms with E-state index in [1.165, 1.54) is 188 Å². The zero-order chi connectivity index (χ0) is 57.8. The molecular formula is C80H79BN2S. The lowest BCUT2D eigenvalue weighted by atomic mass is 9.33. The molecule has 0 atom stereocenters. The molecule has 84 heavy (non-hydrogen) atoms. The first kappa shape index (κ1) is 52.4. The second-order valence-corrected chi connectivity index (χ2v) is 30.8. The zero-order valence-electron chi connectivity index (χ0n) is 51.6. The summed E-state index contributed by atoms with van der Waals surface area (Å²) in [6.07, 6.45) is 8.67. The zero-order valence-corrected chi connectivity index (χ0v) is 52.4. The third-order valence-corrected chi connectivity index (χ3v) is 23.8. The Bertz CT molecular complexity index is 4440. The highest BCUT2D eigenvalue weighted by Gasteiger charge is 2.50. The van der Waals surface area contributed by atoms with Crippen molar-refractivity contribution in [2.75, 3.05) is 9.80 Å². The standard InChI is InChI=1S/C80H79BN2S/c1-75(2)39-40-76(3,4)61-47-71-54(44-60(61)75)53-36-38-67-73(74(53)84-71)81-65-45-63-64(80(11,12)58-33-23-22-32-57(58)79(63,9)10)46-68(65)82(51-35-37-59-62(43-51)78(7,8)56-31-21-20-30-55(56)77(59,5)6)69-41-50(48-25-15-13-16-26-48)42-70(72(69)81)83(67)66-34-24-19-29-52(66)49-27-17-14-18-28-49/h14,17-24,27-38,41-48H,13,15-16,25-26,39-40H2,1-12H3. The summed E-state index contributed by atoms with van der Waals surface area (Å²) in [5.74, 6) is 0.471. The van der Waals surface area contributed by atoms with Crippen LogP contribution < -0.4 is 26.2 Å². The Kier molecular flexibility index (Phi) is 11.1. The summed E-state index contributed by atoms with van der Waals surface area (Å²) >= 11 is 2.06. The molecule has 418 valence electrons. The Morgan fingerprint density at radius 1 is 0.393 bits per heavy atom. The Labute approximate surface area is 504 Å². The van der Waals surface area contributed by atoms with Crippen molar-refractivity contribution in [2.45, 2.75) is 166 Å². The predicted octanol–water partition coefficient (Wildman–Crippen LogP) is 20.1. The number of fused-ring (bicyclic) bond motifs is 13. The van der Waals surface area contributed by atoms with E-state index in [0.29, 0.717) is 5.92 Å². The molecule has 0 spiro atoms. The van der Waals surface area contributed by atoms with Crippen LogP contribution in [0.25, 0.3) is 31.3 Å². The van der Waals surface area contributed by atoms with Crippen molar-refractivity contribution in [3.63, 3.8) is 0 Å². The lowest BCUT2D eigenvalue weighted by Crippen LogP contribution is -2.62. The summed E-state index contributed by atoms with van der Waals surface area (Å²) in [6, 6.07) is 68.0. The second-order valence-electron chi connectivity index (χ2n) is 29.7. The molecule has 16 rings (SSSR count). The van der Waals surface area contributed by atoms with E-state index in [9.17, 15) is 0 Å². The fourth-order valence-electron chi connectivity index (χ4n) is 17.7. The molecule has 6 aliphatic rings. The number of rotatable bonds is 4. The van der Waals surface area contributed by atoms with Crippen molar-refractivity contribution >= 4 is 88.7 Å². The van der Waals surface area contributed by atoms with Gasteiger partial charge < -0.3 is 9.80 Å². The minimum Gasteiger partial charge on any atom is -0.311 e. The minimum atomic E-state index is -0.246. The molecule has 0 saturated heterocycles. The summed E-state index contributed by atoms with van der Waals surface area (Å²) < 4.78 is 2.82. The molecule has 0 unspecified atom stereocenters. The summed E-state index contributed by atoms with van der Waals surface area (Å²) in [5.41, 5.74) is 29.8. The van der Waals surface area contributed by atoms with Gasteiger partial charge in [0.15, 0.2) is 0 Å². The van der Waals surface area contributed by atoms with Crippen LogP contribution in [0.15, 0.2) is 170 Å². The van der Waals surface area contributed by atoms with Crippen molar-refractivity contribution in [2.24, 2.45) is 0 Å². The third kappa shape index (κ3) is 7.16. The number of anilines is 6. The van der Waals surface area contributed by atoms with Crippen molar-refractivity contribution in [1.82, 2.24) is 0 Å². The predicted molar refractivity (Wildman–Crippen MR) is 361 cm³/mol. The average molecular weight is 1110 g/mol. The first-order valence-electron chi connectivity index (χ1n) is 31.7. The molecule has 4 aliphatic carbocycles. The first-order valence-corrected chi connectivity index (χ1v) is 32.5. The van der Waals surface area contributed by atoms with E-state index in [0.717, 1.165) is 0 Å². The maximum Gasteiger partial charge on any atom is 0.254 e. The van der Waals surface area contributed by atoms with E-state index in [1.807, 2.05) is 0 Å². The van der Waals surface area contributed by atoms with E-state index in [-0.39, 0.29) is 39.2 Å². The van der Waals surface area contributed by atoms with Gasteiger partial charge in [-0.15, -0.1) is 11.3 Å². The molecule has 2 nitrogen and oxygen atoms in total. The molecule has 1 fully saturated rings.